The molecule has 0 bridgehead atoms. The molecule has 0 heterocycles. The lowest BCUT2D eigenvalue weighted by Crippen LogP contribution is -1.72. The Hall–Kier alpha value is -0.130. The van der Waals surface area contributed by atoms with E-state index in [0.29, 0.717) is 0 Å². The molecule has 0 aromatic carbocycles. The second kappa shape index (κ2) is 5.87. The molecule has 0 aliphatic heterocycles. The van der Waals surface area contributed by atoms with Crippen molar-refractivity contribution in [1.29, 1.82) is 0 Å². The molecule has 0 aromatic rings. The quantitative estimate of drug-likeness (QED) is 0.375. The molecule has 0 saturated carbocycles. The van der Waals surface area contributed by atoms with E-state index in [1.807, 2.05) is 0 Å². The highest BCUT2D eigenvalue weighted by Crippen LogP contribution is 1.98. The van der Waals surface area contributed by atoms with E-state index >= 15 is 0 Å². The summed E-state index contributed by atoms with van der Waals surface area (Å²) in [6.07, 6.45) is 7.58. The van der Waals surface area contributed by atoms with E-state index in [2.05, 4.69) is 20.3 Å². The molecule has 0 amide bonds. The van der Waals surface area contributed by atoms with Crippen LogP contribution in [0.15, 0.2) is 0 Å². The average Bonchev–Trinajstić information content (AvgIpc) is 1.69. The summed E-state index contributed by atoms with van der Waals surface area (Å²) in [5.74, 6) is 0. The SMILES string of the molecule is CC[CH+]CCCC. The summed E-state index contributed by atoms with van der Waals surface area (Å²) in [5, 5.41) is 0. The van der Waals surface area contributed by atoms with Gasteiger partial charge < -0.3 is 0 Å². The van der Waals surface area contributed by atoms with Crippen LogP contribution in [0.3, 0.4) is 0 Å². The van der Waals surface area contributed by atoms with Crippen LogP contribution in [0, 0.1) is 6.42 Å². The summed E-state index contributed by atoms with van der Waals surface area (Å²) < 4.78 is 0. The first-order valence-corrected chi connectivity index (χ1v) is 3.23. The zero-order valence-electron chi connectivity index (χ0n) is 5.41. The van der Waals surface area contributed by atoms with E-state index in [-0.39, 0.29) is 0 Å². The van der Waals surface area contributed by atoms with Crippen LogP contribution in [-0.4, -0.2) is 0 Å². The third-order valence-electron chi connectivity index (χ3n) is 1.05. The normalized spacial score (nSPS) is 8.86. The van der Waals surface area contributed by atoms with Gasteiger partial charge in [0, 0.05) is 0 Å². The summed E-state index contributed by atoms with van der Waals surface area (Å²) in [6, 6.07) is 0. The Morgan fingerprint density at radius 2 is 2.00 bits per heavy atom. The maximum Gasteiger partial charge on any atom is 0.0875 e. The van der Waals surface area contributed by atoms with E-state index in [0.717, 1.165) is 0 Å². The Labute approximate surface area is 46.9 Å². The maximum absolute atomic E-state index is 2.34. The van der Waals surface area contributed by atoms with Crippen molar-refractivity contribution in [2.24, 2.45) is 0 Å². The number of hydrogen-bond donors (Lipinski definition) is 0. The Morgan fingerprint density at radius 1 is 1.29 bits per heavy atom. The lowest BCUT2D eigenvalue weighted by Gasteiger charge is -1.82. The predicted molar refractivity (Wildman–Crippen MR) is 34.1 cm³/mol. The largest absolute Gasteiger partial charge is 0.0875 e. The second-order valence-corrected chi connectivity index (χ2v) is 1.84. The minimum absolute atomic E-state index is 1.24. The van der Waals surface area contributed by atoms with E-state index in [1.165, 1.54) is 25.7 Å². The molecule has 0 aromatic heterocycles. The van der Waals surface area contributed by atoms with E-state index < -0.39 is 0 Å². The lowest BCUT2D eigenvalue weighted by atomic mass is 10.2. The topological polar surface area (TPSA) is 0 Å². The fourth-order valence-corrected chi connectivity index (χ4v) is 0.553. The monoisotopic (exact) mass is 99.1 g/mol. The zero-order chi connectivity index (χ0) is 5.54. The van der Waals surface area contributed by atoms with Crippen LogP contribution in [0.25, 0.3) is 0 Å². The van der Waals surface area contributed by atoms with Gasteiger partial charge in [-0.25, -0.2) is 0 Å². The molecule has 0 fully saturated rings. The van der Waals surface area contributed by atoms with Crippen LogP contribution in [-0.2, 0) is 0 Å². The predicted octanol–water partition coefficient (Wildman–Crippen LogP) is 2.79. The molecule has 0 aliphatic carbocycles. The lowest BCUT2D eigenvalue weighted by molar-refractivity contribution is 0.761. The molecular weight excluding hydrogens is 84.1 g/mol. The van der Waals surface area contributed by atoms with Crippen LogP contribution < -0.4 is 0 Å². The number of rotatable bonds is 4. The van der Waals surface area contributed by atoms with Gasteiger partial charge in [0.05, 0.1) is 19.3 Å². The number of unbranched alkanes of at least 4 members (excludes halogenated alkanes) is 4. The highest BCUT2D eigenvalue weighted by molar-refractivity contribution is 4.59. The van der Waals surface area contributed by atoms with Crippen LogP contribution in [0.4, 0.5) is 0 Å². The molecule has 0 nitrogen and oxygen atoms in total. The van der Waals surface area contributed by atoms with Gasteiger partial charge in [0.25, 0.3) is 0 Å². The van der Waals surface area contributed by atoms with Gasteiger partial charge in [-0.3, -0.25) is 0 Å². The zero-order valence-corrected chi connectivity index (χ0v) is 5.41. The molecule has 0 rings (SSSR count). The van der Waals surface area contributed by atoms with Gasteiger partial charge in [0.1, 0.15) is 0 Å². The van der Waals surface area contributed by atoms with Crippen LogP contribution >= 0.6 is 0 Å². The molecule has 0 unspecified atom stereocenters. The molecule has 42 valence electrons. The van der Waals surface area contributed by atoms with Crippen molar-refractivity contribution >= 4 is 0 Å². The van der Waals surface area contributed by atoms with Gasteiger partial charge in [0.15, 0.2) is 0 Å². The Kier molecular flexibility index (Phi) is 5.76. The molecule has 0 radical (unpaired) electrons. The van der Waals surface area contributed by atoms with Gasteiger partial charge >= 0.3 is 0 Å². The van der Waals surface area contributed by atoms with Crippen molar-refractivity contribution < 1.29 is 0 Å². The van der Waals surface area contributed by atoms with Gasteiger partial charge in [-0.05, 0) is 13.3 Å². The number of hydrogen-bond acceptors (Lipinski definition) is 0. The van der Waals surface area contributed by atoms with Crippen molar-refractivity contribution in [3.05, 3.63) is 6.42 Å². The van der Waals surface area contributed by atoms with E-state index in [1.54, 1.807) is 0 Å². The van der Waals surface area contributed by atoms with Crippen molar-refractivity contribution in [3.63, 3.8) is 0 Å². The standard InChI is InChI=1S/C7H15/c1-3-5-7-6-4-2/h5H,3-4,6-7H2,1-2H3/q+1. The molecule has 0 spiro atoms. The third kappa shape index (κ3) is 5.87. The first kappa shape index (κ1) is 6.87. The summed E-state index contributed by atoms with van der Waals surface area (Å²) in [4.78, 5) is 0. The van der Waals surface area contributed by atoms with Crippen molar-refractivity contribution in [2.45, 2.75) is 39.5 Å². The van der Waals surface area contributed by atoms with Gasteiger partial charge in [-0.15, -0.1) is 0 Å². The van der Waals surface area contributed by atoms with Gasteiger partial charge in [-0.2, -0.15) is 0 Å². The summed E-state index contributed by atoms with van der Waals surface area (Å²) >= 11 is 0. The highest BCUT2D eigenvalue weighted by atomic mass is 13.9. The molecule has 0 N–H and O–H groups in total. The van der Waals surface area contributed by atoms with Crippen LogP contribution in [0.1, 0.15) is 39.5 Å². The first-order valence-electron chi connectivity index (χ1n) is 3.23. The van der Waals surface area contributed by atoms with Crippen molar-refractivity contribution in [2.75, 3.05) is 0 Å². The molecular formula is C7H15+. The summed E-state index contributed by atoms with van der Waals surface area (Å²) in [7, 11) is 0. The van der Waals surface area contributed by atoms with E-state index in [9.17, 15) is 0 Å². The second-order valence-electron chi connectivity index (χ2n) is 1.84. The molecule has 0 heteroatoms. The first-order chi connectivity index (χ1) is 3.41. The smallest absolute Gasteiger partial charge is 0.0652 e. The summed E-state index contributed by atoms with van der Waals surface area (Å²) in [6.45, 7) is 4.42. The maximum atomic E-state index is 2.34. The third-order valence-corrected chi connectivity index (χ3v) is 1.05. The fraction of sp³-hybridized carbons (Fsp3) is 0.857. The molecule has 0 saturated heterocycles. The molecule has 7 heavy (non-hydrogen) atoms. The van der Waals surface area contributed by atoms with Gasteiger partial charge in [-0.1, -0.05) is 13.3 Å². The molecule has 0 atom stereocenters. The minimum Gasteiger partial charge on any atom is -0.0652 e. The average molecular weight is 99.2 g/mol. The highest BCUT2D eigenvalue weighted by Gasteiger charge is 1.89. The minimum atomic E-state index is 1.24. The summed E-state index contributed by atoms with van der Waals surface area (Å²) in [5.41, 5.74) is 0. The van der Waals surface area contributed by atoms with E-state index in [4.69, 9.17) is 0 Å². The fourth-order valence-electron chi connectivity index (χ4n) is 0.553. The molecule has 0 aliphatic rings. The van der Waals surface area contributed by atoms with Crippen LogP contribution in [0.5, 0.6) is 0 Å². The van der Waals surface area contributed by atoms with Gasteiger partial charge in [0.2, 0.25) is 0 Å². The Balaban J connectivity index is 2.45. The van der Waals surface area contributed by atoms with Crippen LogP contribution in [0.2, 0.25) is 0 Å². The van der Waals surface area contributed by atoms with Crippen molar-refractivity contribution in [1.82, 2.24) is 0 Å². The Bertz CT molecular complexity index is 19.2. The Morgan fingerprint density at radius 3 is 2.43 bits per heavy atom. The van der Waals surface area contributed by atoms with Crippen molar-refractivity contribution in [3.8, 4) is 0 Å².